The zero-order chi connectivity index (χ0) is 16.0. The summed E-state index contributed by atoms with van der Waals surface area (Å²) in [6.07, 6.45) is 1.46. The van der Waals surface area contributed by atoms with Crippen LogP contribution in [0.25, 0.3) is 0 Å². The normalized spacial score (nSPS) is 26.7. The van der Waals surface area contributed by atoms with Crippen LogP contribution in [0, 0.1) is 0 Å². The first-order valence-corrected chi connectivity index (χ1v) is 9.36. The second-order valence-electron chi connectivity index (χ2n) is 6.39. The molecule has 2 aliphatic heterocycles. The second kappa shape index (κ2) is 5.51. The largest absolute Gasteiger partial charge is 0.338 e. The number of hydrogen-bond donors (Lipinski definition) is 1. The van der Waals surface area contributed by atoms with Crippen molar-refractivity contribution in [2.24, 2.45) is 0 Å². The summed E-state index contributed by atoms with van der Waals surface area (Å²) < 4.78 is 25.7. The van der Waals surface area contributed by atoms with Crippen LogP contribution in [0.15, 0.2) is 18.2 Å². The monoisotopic (exact) mass is 342 g/mol. The van der Waals surface area contributed by atoms with Crippen molar-refractivity contribution < 1.29 is 13.2 Å². The fraction of sp³-hybridized carbons (Fsp3) is 0.533. The predicted octanol–water partition coefficient (Wildman–Crippen LogP) is 1.70. The van der Waals surface area contributed by atoms with Gasteiger partial charge in [-0.15, -0.1) is 0 Å². The predicted molar refractivity (Wildman–Crippen MR) is 85.1 cm³/mol. The molecule has 0 aromatic heterocycles. The van der Waals surface area contributed by atoms with Crippen LogP contribution in [-0.4, -0.2) is 37.1 Å². The second-order valence-corrected chi connectivity index (χ2v) is 8.67. The molecular formula is C15H19ClN2O3S. The Labute approximate surface area is 135 Å². The SMILES string of the molecule is CC1(CC(=O)N2CCc3cc(Cl)ccc3C2)CCS(=O)(=O)N1. The first-order chi connectivity index (χ1) is 10.3. The van der Waals surface area contributed by atoms with Gasteiger partial charge in [0.1, 0.15) is 0 Å². The molecule has 1 aromatic carbocycles. The number of sulfonamides is 1. The number of fused-ring (bicyclic) bond motifs is 1. The van der Waals surface area contributed by atoms with E-state index in [1.165, 1.54) is 5.56 Å². The zero-order valence-corrected chi connectivity index (χ0v) is 14.0. The Morgan fingerprint density at radius 2 is 2.18 bits per heavy atom. The van der Waals surface area contributed by atoms with Crippen molar-refractivity contribution in [1.29, 1.82) is 0 Å². The molecule has 1 N–H and O–H groups in total. The van der Waals surface area contributed by atoms with Gasteiger partial charge in [0.25, 0.3) is 0 Å². The number of nitrogens with zero attached hydrogens (tertiary/aromatic N) is 1. The molecule has 0 saturated carbocycles. The molecular weight excluding hydrogens is 324 g/mol. The van der Waals surface area contributed by atoms with Crippen LogP contribution in [0.4, 0.5) is 0 Å². The molecule has 0 radical (unpaired) electrons. The Balaban J connectivity index is 1.68. The summed E-state index contributed by atoms with van der Waals surface area (Å²) in [6, 6.07) is 5.74. The van der Waals surface area contributed by atoms with E-state index in [4.69, 9.17) is 11.6 Å². The average molecular weight is 343 g/mol. The van der Waals surface area contributed by atoms with Gasteiger partial charge in [-0.2, -0.15) is 0 Å². The molecule has 22 heavy (non-hydrogen) atoms. The molecule has 1 amide bonds. The highest BCUT2D eigenvalue weighted by molar-refractivity contribution is 7.89. The number of hydrogen-bond acceptors (Lipinski definition) is 3. The summed E-state index contributed by atoms with van der Waals surface area (Å²) in [5.41, 5.74) is 1.64. The molecule has 2 heterocycles. The summed E-state index contributed by atoms with van der Waals surface area (Å²) in [7, 11) is -3.22. The van der Waals surface area contributed by atoms with Gasteiger partial charge in [0, 0.05) is 30.1 Å². The van der Waals surface area contributed by atoms with E-state index in [2.05, 4.69) is 4.72 Å². The summed E-state index contributed by atoms with van der Waals surface area (Å²) in [6.45, 7) is 3.01. The lowest BCUT2D eigenvalue weighted by atomic mass is 9.94. The first kappa shape index (κ1) is 15.8. The third kappa shape index (κ3) is 3.29. The molecule has 0 aliphatic carbocycles. The highest BCUT2D eigenvalue weighted by atomic mass is 35.5. The Hall–Kier alpha value is -1.11. The van der Waals surface area contributed by atoms with E-state index >= 15 is 0 Å². The highest BCUT2D eigenvalue weighted by Gasteiger charge is 2.40. The van der Waals surface area contributed by atoms with Crippen molar-refractivity contribution in [3.8, 4) is 0 Å². The van der Waals surface area contributed by atoms with Gasteiger partial charge in [-0.1, -0.05) is 17.7 Å². The van der Waals surface area contributed by atoms with Crippen molar-refractivity contribution in [1.82, 2.24) is 9.62 Å². The number of carbonyl (C=O) groups is 1. The molecule has 1 fully saturated rings. The summed E-state index contributed by atoms with van der Waals surface area (Å²) in [5.74, 6) is 0.0886. The lowest BCUT2D eigenvalue weighted by molar-refractivity contribution is -0.133. The standard InChI is InChI=1S/C15H19ClN2O3S/c1-15(5-7-22(20,21)17-15)9-14(19)18-6-4-11-8-13(16)3-2-12(11)10-18/h2-3,8,17H,4-7,9-10H2,1H3. The van der Waals surface area contributed by atoms with Gasteiger partial charge < -0.3 is 4.90 Å². The van der Waals surface area contributed by atoms with Crippen molar-refractivity contribution in [2.45, 2.75) is 38.3 Å². The van der Waals surface area contributed by atoms with Crippen LogP contribution < -0.4 is 4.72 Å². The minimum Gasteiger partial charge on any atom is -0.338 e. The van der Waals surface area contributed by atoms with Gasteiger partial charge >= 0.3 is 0 Å². The fourth-order valence-electron chi connectivity index (χ4n) is 3.14. The van der Waals surface area contributed by atoms with Gasteiger partial charge in [-0.05, 0) is 43.0 Å². The van der Waals surface area contributed by atoms with E-state index in [0.29, 0.717) is 24.5 Å². The minimum absolute atomic E-state index is 0.00676. The van der Waals surface area contributed by atoms with Crippen LogP contribution in [0.3, 0.4) is 0 Å². The summed E-state index contributed by atoms with van der Waals surface area (Å²) >= 11 is 5.99. The first-order valence-electron chi connectivity index (χ1n) is 7.33. The van der Waals surface area contributed by atoms with Crippen LogP contribution in [0.1, 0.15) is 30.9 Å². The Bertz CT molecular complexity index is 719. The lowest BCUT2D eigenvalue weighted by Gasteiger charge is -2.32. The van der Waals surface area contributed by atoms with E-state index in [-0.39, 0.29) is 18.1 Å². The highest BCUT2D eigenvalue weighted by Crippen LogP contribution is 2.27. The number of halogens is 1. The van der Waals surface area contributed by atoms with Crippen LogP contribution >= 0.6 is 11.6 Å². The minimum atomic E-state index is -3.22. The Morgan fingerprint density at radius 1 is 1.41 bits per heavy atom. The van der Waals surface area contributed by atoms with Crippen molar-refractivity contribution in [2.75, 3.05) is 12.3 Å². The molecule has 1 unspecified atom stereocenters. The maximum atomic E-state index is 12.5. The van der Waals surface area contributed by atoms with Gasteiger partial charge in [0.2, 0.25) is 15.9 Å². The lowest BCUT2D eigenvalue weighted by Crippen LogP contribution is -2.45. The summed E-state index contributed by atoms with van der Waals surface area (Å²) in [4.78, 5) is 14.3. The van der Waals surface area contributed by atoms with Crippen LogP contribution in [0.2, 0.25) is 5.02 Å². The molecule has 2 aliphatic rings. The van der Waals surface area contributed by atoms with E-state index in [1.807, 2.05) is 18.2 Å². The molecule has 5 nitrogen and oxygen atoms in total. The maximum absolute atomic E-state index is 12.5. The number of carbonyl (C=O) groups excluding carboxylic acids is 1. The van der Waals surface area contributed by atoms with Crippen LogP contribution in [-0.2, 0) is 27.8 Å². The van der Waals surface area contributed by atoms with Gasteiger partial charge in [-0.3, -0.25) is 4.79 Å². The molecule has 120 valence electrons. The van der Waals surface area contributed by atoms with Gasteiger partial charge in [0.05, 0.1) is 5.75 Å². The van der Waals surface area contributed by atoms with Crippen molar-refractivity contribution in [3.05, 3.63) is 34.3 Å². The van der Waals surface area contributed by atoms with Gasteiger partial charge in [0.15, 0.2) is 0 Å². The Morgan fingerprint density at radius 3 is 2.86 bits per heavy atom. The molecule has 1 atom stereocenters. The van der Waals surface area contributed by atoms with Gasteiger partial charge in [-0.25, -0.2) is 13.1 Å². The number of nitrogens with one attached hydrogen (secondary N) is 1. The molecule has 0 bridgehead atoms. The zero-order valence-electron chi connectivity index (χ0n) is 12.4. The average Bonchev–Trinajstić information content (AvgIpc) is 2.71. The molecule has 1 aromatic rings. The van der Waals surface area contributed by atoms with E-state index in [9.17, 15) is 13.2 Å². The third-order valence-electron chi connectivity index (χ3n) is 4.40. The number of benzene rings is 1. The van der Waals surface area contributed by atoms with E-state index in [1.54, 1.807) is 11.8 Å². The third-order valence-corrected chi connectivity index (χ3v) is 6.18. The van der Waals surface area contributed by atoms with E-state index in [0.717, 1.165) is 12.0 Å². The summed E-state index contributed by atoms with van der Waals surface area (Å²) in [5, 5.41) is 0.714. The van der Waals surface area contributed by atoms with Crippen molar-refractivity contribution >= 4 is 27.5 Å². The maximum Gasteiger partial charge on any atom is 0.224 e. The quantitative estimate of drug-likeness (QED) is 0.889. The van der Waals surface area contributed by atoms with Crippen LogP contribution in [0.5, 0.6) is 0 Å². The topological polar surface area (TPSA) is 66.5 Å². The molecule has 7 heteroatoms. The Kier molecular flexibility index (Phi) is 3.95. The number of amides is 1. The molecule has 0 spiro atoms. The van der Waals surface area contributed by atoms with E-state index < -0.39 is 15.6 Å². The molecule has 3 rings (SSSR count). The van der Waals surface area contributed by atoms with Crippen molar-refractivity contribution in [3.63, 3.8) is 0 Å². The smallest absolute Gasteiger partial charge is 0.224 e. The molecule has 1 saturated heterocycles. The fourth-order valence-corrected chi connectivity index (χ4v) is 5.08. The number of rotatable bonds is 2.